The van der Waals surface area contributed by atoms with E-state index in [1.165, 1.54) is 6.07 Å². The second-order valence-electron chi connectivity index (χ2n) is 4.73. The van der Waals surface area contributed by atoms with Crippen molar-refractivity contribution in [2.45, 2.75) is 6.04 Å². The monoisotopic (exact) mass is 307 g/mol. The van der Waals surface area contributed by atoms with E-state index in [0.29, 0.717) is 5.02 Å². The van der Waals surface area contributed by atoms with Crippen LogP contribution >= 0.6 is 11.6 Å². The van der Waals surface area contributed by atoms with Crippen LogP contribution in [0.25, 0.3) is 0 Å². The fourth-order valence-electron chi connectivity index (χ4n) is 2.42. The Balaban J connectivity index is 2.02. The van der Waals surface area contributed by atoms with Crippen molar-refractivity contribution < 1.29 is 8.78 Å². The lowest BCUT2D eigenvalue weighted by Crippen LogP contribution is -2.36. The third-order valence-electron chi connectivity index (χ3n) is 3.41. The molecule has 0 aliphatic carbocycles. The lowest BCUT2D eigenvalue weighted by atomic mass is 10.0. The molecule has 6 heteroatoms. The summed E-state index contributed by atoms with van der Waals surface area (Å²) in [7, 11) is 0. The van der Waals surface area contributed by atoms with Crippen LogP contribution in [0.4, 0.5) is 14.5 Å². The van der Waals surface area contributed by atoms with Crippen molar-refractivity contribution in [2.75, 3.05) is 11.4 Å². The minimum Gasteiger partial charge on any atom is -0.369 e. The molecule has 0 bridgehead atoms. The third-order valence-corrected chi connectivity index (χ3v) is 3.66. The van der Waals surface area contributed by atoms with Crippen molar-refractivity contribution in [2.24, 2.45) is 10.7 Å². The van der Waals surface area contributed by atoms with Crippen LogP contribution in [-0.4, -0.2) is 12.5 Å². The average Bonchev–Trinajstić information content (AvgIpc) is 2.84. The topological polar surface area (TPSA) is 41.6 Å². The van der Waals surface area contributed by atoms with Crippen molar-refractivity contribution in [3.63, 3.8) is 0 Å². The van der Waals surface area contributed by atoms with E-state index in [0.717, 1.165) is 17.8 Å². The molecule has 0 saturated carbocycles. The van der Waals surface area contributed by atoms with Gasteiger partial charge in [0.25, 0.3) is 0 Å². The molecule has 1 atom stereocenters. The highest BCUT2D eigenvalue weighted by atomic mass is 35.5. The van der Waals surface area contributed by atoms with E-state index in [2.05, 4.69) is 4.99 Å². The number of halogens is 3. The SMILES string of the molecule is NC1=NCC(c2cc(F)ccc2F)N1c1ccc(Cl)cc1. The molecule has 3 nitrogen and oxygen atoms in total. The highest BCUT2D eigenvalue weighted by molar-refractivity contribution is 6.30. The largest absolute Gasteiger partial charge is 0.369 e. The zero-order valence-corrected chi connectivity index (χ0v) is 11.7. The Morgan fingerprint density at radius 1 is 1.14 bits per heavy atom. The normalized spacial score (nSPS) is 18.0. The molecular formula is C15H12ClF2N3. The predicted octanol–water partition coefficient (Wildman–Crippen LogP) is 3.49. The van der Waals surface area contributed by atoms with Crippen LogP contribution in [0.15, 0.2) is 47.5 Å². The van der Waals surface area contributed by atoms with Crippen LogP contribution in [0.3, 0.4) is 0 Å². The highest BCUT2D eigenvalue weighted by Crippen LogP contribution is 2.33. The Bertz CT molecular complexity index is 701. The van der Waals surface area contributed by atoms with Crippen LogP contribution in [-0.2, 0) is 0 Å². The Morgan fingerprint density at radius 2 is 1.86 bits per heavy atom. The number of hydrogen-bond acceptors (Lipinski definition) is 3. The molecule has 0 fully saturated rings. The van der Waals surface area contributed by atoms with Crippen LogP contribution in [0.1, 0.15) is 11.6 Å². The van der Waals surface area contributed by atoms with E-state index in [4.69, 9.17) is 17.3 Å². The quantitative estimate of drug-likeness (QED) is 0.922. The van der Waals surface area contributed by atoms with Crippen molar-refractivity contribution >= 4 is 23.2 Å². The number of benzene rings is 2. The van der Waals surface area contributed by atoms with Crippen molar-refractivity contribution in [3.05, 3.63) is 64.7 Å². The average molecular weight is 308 g/mol. The molecule has 1 aliphatic rings. The molecule has 0 spiro atoms. The van der Waals surface area contributed by atoms with Crippen LogP contribution < -0.4 is 10.6 Å². The van der Waals surface area contributed by atoms with E-state index >= 15 is 0 Å². The Morgan fingerprint density at radius 3 is 2.57 bits per heavy atom. The fourth-order valence-corrected chi connectivity index (χ4v) is 2.54. The molecule has 2 aromatic rings. The van der Waals surface area contributed by atoms with Crippen molar-refractivity contribution in [1.29, 1.82) is 0 Å². The minimum absolute atomic E-state index is 0.231. The van der Waals surface area contributed by atoms with Crippen molar-refractivity contribution in [3.8, 4) is 0 Å². The summed E-state index contributed by atoms with van der Waals surface area (Å²) < 4.78 is 27.4. The number of nitrogens with zero attached hydrogens (tertiary/aromatic N) is 2. The smallest absolute Gasteiger partial charge is 0.196 e. The maximum absolute atomic E-state index is 14.0. The van der Waals surface area contributed by atoms with E-state index in [1.54, 1.807) is 29.2 Å². The molecule has 2 N–H and O–H groups in total. The number of rotatable bonds is 2. The van der Waals surface area contributed by atoms with Gasteiger partial charge in [-0.05, 0) is 42.5 Å². The van der Waals surface area contributed by atoms with Gasteiger partial charge < -0.3 is 10.6 Å². The molecule has 1 unspecified atom stereocenters. The summed E-state index contributed by atoms with van der Waals surface area (Å²) >= 11 is 5.86. The summed E-state index contributed by atoms with van der Waals surface area (Å²) in [5.74, 6) is -0.704. The van der Waals surface area contributed by atoms with Gasteiger partial charge in [0.05, 0.1) is 12.6 Å². The van der Waals surface area contributed by atoms with E-state index < -0.39 is 17.7 Å². The van der Waals surface area contributed by atoms with E-state index in [-0.39, 0.29) is 18.1 Å². The van der Waals surface area contributed by atoms with Gasteiger partial charge in [0.1, 0.15) is 11.6 Å². The number of aliphatic imine (C=N–C) groups is 1. The molecule has 2 aromatic carbocycles. The summed E-state index contributed by atoms with van der Waals surface area (Å²) in [6.07, 6.45) is 0. The molecule has 3 rings (SSSR count). The standard InChI is InChI=1S/C15H12ClF2N3/c16-9-1-4-11(5-2-9)21-14(8-20-15(21)19)12-7-10(17)3-6-13(12)18/h1-7,14H,8H2,(H2,19,20). The van der Waals surface area contributed by atoms with Gasteiger partial charge in [0.2, 0.25) is 0 Å². The third kappa shape index (κ3) is 2.56. The van der Waals surface area contributed by atoms with Gasteiger partial charge in [-0.3, -0.25) is 4.99 Å². The van der Waals surface area contributed by atoms with Crippen LogP contribution in [0.2, 0.25) is 5.02 Å². The first kappa shape index (κ1) is 13.8. The molecule has 21 heavy (non-hydrogen) atoms. The van der Waals surface area contributed by atoms with Crippen molar-refractivity contribution in [1.82, 2.24) is 0 Å². The maximum Gasteiger partial charge on any atom is 0.196 e. The zero-order chi connectivity index (χ0) is 15.0. The van der Waals surface area contributed by atoms with Gasteiger partial charge in [0.15, 0.2) is 5.96 Å². The second kappa shape index (κ2) is 5.33. The molecule has 0 aromatic heterocycles. The number of anilines is 1. The fraction of sp³-hybridized carbons (Fsp3) is 0.133. The lowest BCUT2D eigenvalue weighted by molar-refractivity contribution is 0.568. The molecule has 0 amide bonds. The van der Waals surface area contributed by atoms with Gasteiger partial charge >= 0.3 is 0 Å². The van der Waals surface area contributed by atoms with Crippen LogP contribution in [0, 0.1) is 11.6 Å². The summed E-state index contributed by atoms with van der Waals surface area (Å²) in [5.41, 5.74) is 6.85. The lowest BCUT2D eigenvalue weighted by Gasteiger charge is -2.27. The van der Waals surface area contributed by atoms with Gasteiger partial charge in [-0.2, -0.15) is 0 Å². The minimum atomic E-state index is -0.493. The maximum atomic E-state index is 14.0. The first-order valence-corrected chi connectivity index (χ1v) is 6.74. The van der Waals surface area contributed by atoms with E-state index in [1.807, 2.05) is 0 Å². The summed E-state index contributed by atoms with van der Waals surface area (Å²) in [6, 6.07) is 9.85. The van der Waals surface area contributed by atoms with Gasteiger partial charge in [-0.25, -0.2) is 8.78 Å². The second-order valence-corrected chi connectivity index (χ2v) is 5.16. The Hall–Kier alpha value is -2.14. The first-order chi connectivity index (χ1) is 10.1. The van der Waals surface area contributed by atoms with Gasteiger partial charge in [0, 0.05) is 16.3 Å². The van der Waals surface area contributed by atoms with E-state index in [9.17, 15) is 8.78 Å². The molecule has 1 aliphatic heterocycles. The molecular weight excluding hydrogens is 296 g/mol. The molecule has 108 valence electrons. The summed E-state index contributed by atoms with van der Waals surface area (Å²) in [6.45, 7) is 0.273. The number of guanidine groups is 1. The Kier molecular flexibility index (Phi) is 3.51. The number of hydrogen-bond donors (Lipinski definition) is 1. The molecule has 0 radical (unpaired) electrons. The number of nitrogens with two attached hydrogens (primary N) is 1. The zero-order valence-electron chi connectivity index (χ0n) is 10.9. The van der Waals surface area contributed by atoms with Gasteiger partial charge in [-0.1, -0.05) is 11.6 Å². The molecule has 1 heterocycles. The molecule has 0 saturated heterocycles. The summed E-state index contributed by atoms with van der Waals surface area (Å²) in [4.78, 5) is 5.82. The first-order valence-electron chi connectivity index (χ1n) is 6.36. The Labute approximate surface area is 125 Å². The predicted molar refractivity (Wildman–Crippen MR) is 79.5 cm³/mol. The summed E-state index contributed by atoms with van der Waals surface area (Å²) in [5, 5.41) is 0.585. The van der Waals surface area contributed by atoms with Crippen LogP contribution in [0.5, 0.6) is 0 Å². The van der Waals surface area contributed by atoms with Gasteiger partial charge in [-0.15, -0.1) is 0 Å². The highest BCUT2D eigenvalue weighted by Gasteiger charge is 2.31.